The van der Waals surface area contributed by atoms with Crippen molar-refractivity contribution in [2.75, 3.05) is 5.73 Å². The van der Waals surface area contributed by atoms with Crippen LogP contribution < -0.4 is 5.73 Å². The molecular formula is C15H11NOS. The van der Waals surface area contributed by atoms with Crippen LogP contribution in [0.2, 0.25) is 0 Å². The van der Waals surface area contributed by atoms with Gasteiger partial charge in [-0.2, -0.15) is 0 Å². The Labute approximate surface area is 108 Å². The van der Waals surface area contributed by atoms with Crippen LogP contribution in [0, 0.1) is 0 Å². The SMILES string of the molecule is Nc1ccc2sc3c(c2c1)-c1ccccc1C3O. The fourth-order valence-corrected chi connectivity index (χ4v) is 3.91. The number of anilines is 1. The highest BCUT2D eigenvalue weighted by Gasteiger charge is 2.30. The molecule has 1 unspecified atom stereocenters. The van der Waals surface area contributed by atoms with Gasteiger partial charge in [0.1, 0.15) is 6.10 Å². The number of nitrogens with two attached hydrogens (primary N) is 1. The first-order valence-electron chi connectivity index (χ1n) is 5.85. The molecule has 88 valence electrons. The summed E-state index contributed by atoms with van der Waals surface area (Å²) in [5.74, 6) is 0. The van der Waals surface area contributed by atoms with Crippen molar-refractivity contribution in [3.05, 3.63) is 52.9 Å². The molecule has 1 heterocycles. The molecule has 0 saturated heterocycles. The molecule has 2 nitrogen and oxygen atoms in total. The lowest BCUT2D eigenvalue weighted by atomic mass is 10.0. The fraction of sp³-hybridized carbons (Fsp3) is 0.0667. The van der Waals surface area contributed by atoms with Crippen molar-refractivity contribution in [1.82, 2.24) is 0 Å². The minimum Gasteiger partial charge on any atom is -0.399 e. The lowest BCUT2D eigenvalue weighted by Crippen LogP contribution is -1.90. The van der Waals surface area contributed by atoms with E-state index in [2.05, 4.69) is 6.07 Å². The van der Waals surface area contributed by atoms with Gasteiger partial charge in [0.2, 0.25) is 0 Å². The Morgan fingerprint density at radius 1 is 1.11 bits per heavy atom. The Hall–Kier alpha value is -1.84. The number of nitrogen functional groups attached to an aromatic ring is 1. The maximum absolute atomic E-state index is 10.4. The Balaban J connectivity index is 2.16. The summed E-state index contributed by atoms with van der Waals surface area (Å²) in [6.45, 7) is 0. The van der Waals surface area contributed by atoms with Crippen LogP contribution in [0.3, 0.4) is 0 Å². The van der Waals surface area contributed by atoms with Gasteiger partial charge in [-0.25, -0.2) is 0 Å². The van der Waals surface area contributed by atoms with Crippen molar-refractivity contribution in [2.45, 2.75) is 6.10 Å². The minimum atomic E-state index is -0.491. The molecule has 1 aliphatic carbocycles. The Morgan fingerprint density at radius 3 is 2.83 bits per heavy atom. The van der Waals surface area contributed by atoms with E-state index in [9.17, 15) is 5.11 Å². The van der Waals surface area contributed by atoms with Crippen molar-refractivity contribution in [1.29, 1.82) is 0 Å². The number of hydrogen-bond acceptors (Lipinski definition) is 3. The van der Waals surface area contributed by atoms with Crippen molar-refractivity contribution < 1.29 is 5.11 Å². The molecule has 4 rings (SSSR count). The lowest BCUT2D eigenvalue weighted by Gasteiger charge is -2.04. The smallest absolute Gasteiger partial charge is 0.114 e. The van der Waals surface area contributed by atoms with E-state index in [1.165, 1.54) is 4.70 Å². The molecule has 0 aliphatic heterocycles. The van der Waals surface area contributed by atoms with Gasteiger partial charge in [-0.15, -0.1) is 11.3 Å². The topological polar surface area (TPSA) is 46.2 Å². The maximum Gasteiger partial charge on any atom is 0.114 e. The molecule has 1 aromatic heterocycles. The average molecular weight is 253 g/mol. The monoisotopic (exact) mass is 253 g/mol. The van der Waals surface area contributed by atoms with Crippen LogP contribution >= 0.6 is 11.3 Å². The van der Waals surface area contributed by atoms with E-state index in [1.807, 2.05) is 36.4 Å². The van der Waals surface area contributed by atoms with Crippen molar-refractivity contribution in [3.8, 4) is 11.1 Å². The number of rotatable bonds is 0. The summed E-state index contributed by atoms with van der Waals surface area (Å²) in [7, 11) is 0. The van der Waals surface area contributed by atoms with E-state index in [0.29, 0.717) is 0 Å². The van der Waals surface area contributed by atoms with E-state index in [1.54, 1.807) is 11.3 Å². The molecule has 3 aromatic rings. The van der Waals surface area contributed by atoms with Crippen LogP contribution in [0.1, 0.15) is 16.5 Å². The molecule has 18 heavy (non-hydrogen) atoms. The second-order valence-corrected chi connectivity index (χ2v) is 5.67. The molecule has 0 bridgehead atoms. The van der Waals surface area contributed by atoms with E-state index < -0.39 is 6.10 Å². The first-order chi connectivity index (χ1) is 8.75. The van der Waals surface area contributed by atoms with Gasteiger partial charge >= 0.3 is 0 Å². The summed E-state index contributed by atoms with van der Waals surface area (Å²) in [6, 6.07) is 14.0. The quantitative estimate of drug-likeness (QED) is 0.602. The maximum atomic E-state index is 10.4. The highest BCUT2D eigenvalue weighted by molar-refractivity contribution is 7.20. The van der Waals surface area contributed by atoms with Crippen LogP contribution in [0.15, 0.2) is 42.5 Å². The largest absolute Gasteiger partial charge is 0.399 e. The van der Waals surface area contributed by atoms with Gasteiger partial charge in [0.05, 0.1) is 0 Å². The van der Waals surface area contributed by atoms with Crippen LogP contribution in [-0.2, 0) is 0 Å². The van der Waals surface area contributed by atoms with Crippen molar-refractivity contribution >= 4 is 27.1 Å². The zero-order chi connectivity index (χ0) is 12.3. The molecule has 0 amide bonds. The Kier molecular flexibility index (Phi) is 1.88. The predicted octanol–water partition coefficient (Wildman–Crippen LogP) is 3.55. The molecule has 0 fully saturated rings. The van der Waals surface area contributed by atoms with Gasteiger partial charge in [-0.3, -0.25) is 0 Å². The first kappa shape index (κ1) is 10.1. The van der Waals surface area contributed by atoms with Crippen molar-refractivity contribution in [2.24, 2.45) is 0 Å². The van der Waals surface area contributed by atoms with Gasteiger partial charge < -0.3 is 10.8 Å². The highest BCUT2D eigenvalue weighted by Crippen LogP contribution is 2.51. The number of thiophene rings is 1. The van der Waals surface area contributed by atoms with Gasteiger partial charge in [-0.05, 0) is 29.3 Å². The standard InChI is InChI=1S/C15H11NOS/c16-8-5-6-12-11(7-8)13-9-3-1-2-4-10(9)14(17)15(13)18-12/h1-7,14,17H,16H2. The molecule has 1 aliphatic rings. The summed E-state index contributed by atoms with van der Waals surface area (Å²) in [5.41, 5.74) is 9.94. The van der Waals surface area contributed by atoms with Gasteiger partial charge in [0, 0.05) is 26.2 Å². The van der Waals surface area contributed by atoms with Crippen LogP contribution in [0.25, 0.3) is 21.2 Å². The van der Waals surface area contributed by atoms with Crippen molar-refractivity contribution in [3.63, 3.8) is 0 Å². The highest BCUT2D eigenvalue weighted by atomic mass is 32.1. The summed E-state index contributed by atoms with van der Waals surface area (Å²) < 4.78 is 1.18. The Bertz CT molecular complexity index is 775. The normalized spacial score (nSPS) is 16.8. The number of benzene rings is 2. The predicted molar refractivity (Wildman–Crippen MR) is 75.7 cm³/mol. The number of hydrogen-bond donors (Lipinski definition) is 2. The minimum absolute atomic E-state index is 0.491. The lowest BCUT2D eigenvalue weighted by molar-refractivity contribution is 0.229. The third-order valence-electron chi connectivity index (χ3n) is 3.51. The fourth-order valence-electron chi connectivity index (χ4n) is 2.71. The molecule has 0 saturated carbocycles. The van der Waals surface area contributed by atoms with Crippen LogP contribution in [-0.4, -0.2) is 5.11 Å². The van der Waals surface area contributed by atoms with Crippen LogP contribution in [0.5, 0.6) is 0 Å². The molecule has 1 atom stereocenters. The van der Waals surface area contributed by atoms with Gasteiger partial charge in [0.25, 0.3) is 0 Å². The molecular weight excluding hydrogens is 242 g/mol. The van der Waals surface area contributed by atoms with E-state index >= 15 is 0 Å². The summed E-state index contributed by atoms with van der Waals surface area (Å²) in [4.78, 5) is 1.04. The zero-order valence-electron chi connectivity index (χ0n) is 9.55. The number of aliphatic hydroxyl groups is 1. The molecule has 3 N–H and O–H groups in total. The van der Waals surface area contributed by atoms with E-state index in [0.717, 1.165) is 32.6 Å². The third kappa shape index (κ3) is 1.15. The molecule has 0 spiro atoms. The number of aliphatic hydroxyl groups excluding tert-OH is 1. The summed E-state index contributed by atoms with van der Waals surface area (Å²) in [5, 5.41) is 11.5. The summed E-state index contributed by atoms with van der Waals surface area (Å²) in [6.07, 6.45) is -0.491. The molecule has 2 aromatic carbocycles. The molecule has 0 radical (unpaired) electrons. The second kappa shape index (κ2) is 3.34. The van der Waals surface area contributed by atoms with E-state index in [-0.39, 0.29) is 0 Å². The zero-order valence-corrected chi connectivity index (χ0v) is 10.4. The van der Waals surface area contributed by atoms with Gasteiger partial charge in [-0.1, -0.05) is 24.3 Å². The molecule has 3 heteroatoms. The Morgan fingerprint density at radius 2 is 1.94 bits per heavy atom. The van der Waals surface area contributed by atoms with Crippen LogP contribution in [0.4, 0.5) is 5.69 Å². The van der Waals surface area contributed by atoms with E-state index in [4.69, 9.17) is 5.73 Å². The average Bonchev–Trinajstić information content (AvgIpc) is 2.87. The second-order valence-electron chi connectivity index (χ2n) is 4.59. The number of fused-ring (bicyclic) bond motifs is 5. The van der Waals surface area contributed by atoms with Gasteiger partial charge in [0.15, 0.2) is 0 Å². The summed E-state index contributed by atoms with van der Waals surface area (Å²) >= 11 is 1.65. The first-order valence-corrected chi connectivity index (χ1v) is 6.66. The third-order valence-corrected chi connectivity index (χ3v) is 4.74.